The van der Waals surface area contributed by atoms with Crippen molar-refractivity contribution in [2.45, 2.75) is 70.5 Å². The van der Waals surface area contributed by atoms with Gasteiger partial charge in [0.15, 0.2) is 0 Å². The van der Waals surface area contributed by atoms with Crippen LogP contribution in [0.2, 0.25) is 0 Å². The van der Waals surface area contributed by atoms with E-state index in [1.54, 1.807) is 0 Å². The molecule has 0 aromatic rings. The fraction of sp³-hybridized carbons (Fsp3) is 0.938. The number of hydrogen-bond acceptors (Lipinski definition) is 3. The monoisotopic (exact) mass is 317 g/mol. The molecule has 2 heterocycles. The first-order chi connectivity index (χ1) is 9.63. The van der Waals surface area contributed by atoms with E-state index in [1.807, 2.05) is 4.90 Å². The summed E-state index contributed by atoms with van der Waals surface area (Å²) >= 11 is 0. The molecule has 0 aliphatic carbocycles. The number of nitrogens with one attached hydrogen (secondary N) is 1. The van der Waals surface area contributed by atoms with E-state index >= 15 is 0 Å². The smallest absolute Gasteiger partial charge is 0.236 e. The molecule has 0 radical (unpaired) electrons. The highest BCUT2D eigenvalue weighted by Gasteiger charge is 2.35. The van der Waals surface area contributed by atoms with Crippen molar-refractivity contribution in [2.75, 3.05) is 26.7 Å². The minimum atomic E-state index is 0. The maximum atomic E-state index is 12.4. The third-order valence-corrected chi connectivity index (χ3v) is 4.80. The van der Waals surface area contributed by atoms with E-state index in [-0.39, 0.29) is 12.4 Å². The van der Waals surface area contributed by atoms with Crippen molar-refractivity contribution in [1.82, 2.24) is 15.1 Å². The van der Waals surface area contributed by atoms with Crippen LogP contribution in [0.5, 0.6) is 0 Å². The maximum absolute atomic E-state index is 12.4. The van der Waals surface area contributed by atoms with Gasteiger partial charge in [0.05, 0.1) is 6.54 Å². The van der Waals surface area contributed by atoms with Gasteiger partial charge in [-0.2, -0.15) is 0 Å². The molecule has 0 aromatic heterocycles. The largest absolute Gasteiger partial charge is 0.342 e. The first kappa shape index (κ1) is 18.7. The Morgan fingerprint density at radius 3 is 2.10 bits per heavy atom. The lowest BCUT2D eigenvalue weighted by atomic mass is 9.98. The van der Waals surface area contributed by atoms with Gasteiger partial charge in [-0.1, -0.05) is 13.8 Å². The molecule has 0 spiro atoms. The van der Waals surface area contributed by atoms with Crippen LogP contribution in [0.1, 0.15) is 52.4 Å². The van der Waals surface area contributed by atoms with Crippen molar-refractivity contribution in [1.29, 1.82) is 0 Å². The Morgan fingerprint density at radius 2 is 1.62 bits per heavy atom. The maximum Gasteiger partial charge on any atom is 0.236 e. The SMILES string of the molecule is CCCN(CCC)C(=O)CN(C)C1CC2CCC(C1)N2.Cl. The third kappa shape index (κ3) is 5.11. The molecular weight excluding hydrogens is 286 g/mol. The summed E-state index contributed by atoms with van der Waals surface area (Å²) in [4.78, 5) is 16.8. The third-order valence-electron chi connectivity index (χ3n) is 4.80. The fourth-order valence-electron chi connectivity index (χ4n) is 3.73. The topological polar surface area (TPSA) is 35.6 Å². The first-order valence-corrected chi connectivity index (χ1v) is 8.38. The zero-order valence-corrected chi connectivity index (χ0v) is 14.6. The van der Waals surface area contributed by atoms with Gasteiger partial charge in [-0.25, -0.2) is 0 Å². The van der Waals surface area contributed by atoms with Crippen LogP contribution in [-0.4, -0.2) is 60.5 Å². The van der Waals surface area contributed by atoms with Gasteiger partial charge in [0.2, 0.25) is 5.91 Å². The molecule has 21 heavy (non-hydrogen) atoms. The minimum Gasteiger partial charge on any atom is -0.342 e. The van der Waals surface area contributed by atoms with Gasteiger partial charge in [-0.3, -0.25) is 9.69 Å². The Morgan fingerprint density at radius 1 is 1.10 bits per heavy atom. The lowest BCUT2D eigenvalue weighted by molar-refractivity contribution is -0.132. The normalized spacial score (nSPS) is 27.5. The number of fused-ring (bicyclic) bond motifs is 2. The van der Waals surface area contributed by atoms with E-state index in [2.05, 4.69) is 31.1 Å². The number of halogens is 1. The van der Waals surface area contributed by atoms with E-state index < -0.39 is 0 Å². The van der Waals surface area contributed by atoms with Gasteiger partial charge in [0.25, 0.3) is 0 Å². The van der Waals surface area contributed by atoms with Crippen molar-refractivity contribution < 1.29 is 4.79 Å². The quantitative estimate of drug-likeness (QED) is 0.782. The Hall–Kier alpha value is -0.320. The molecule has 2 fully saturated rings. The highest BCUT2D eigenvalue weighted by atomic mass is 35.5. The predicted molar refractivity (Wildman–Crippen MR) is 90.0 cm³/mol. The molecule has 4 nitrogen and oxygen atoms in total. The van der Waals surface area contributed by atoms with E-state index in [0.29, 0.717) is 30.6 Å². The molecule has 2 aliphatic rings. The Kier molecular flexibility index (Phi) is 7.99. The number of piperidine rings is 1. The highest BCUT2D eigenvalue weighted by Crippen LogP contribution is 2.29. The lowest BCUT2D eigenvalue weighted by Crippen LogP contribution is -2.50. The van der Waals surface area contributed by atoms with E-state index in [1.165, 1.54) is 25.7 Å². The van der Waals surface area contributed by atoms with E-state index in [0.717, 1.165) is 25.9 Å². The summed E-state index contributed by atoms with van der Waals surface area (Å²) in [7, 11) is 2.13. The van der Waals surface area contributed by atoms with Gasteiger partial charge >= 0.3 is 0 Å². The molecule has 1 amide bonds. The summed E-state index contributed by atoms with van der Waals surface area (Å²) in [5, 5.41) is 3.67. The Bertz CT molecular complexity index is 309. The van der Waals surface area contributed by atoms with Crippen LogP contribution >= 0.6 is 12.4 Å². The van der Waals surface area contributed by atoms with Crippen LogP contribution in [0, 0.1) is 0 Å². The van der Waals surface area contributed by atoms with Crippen molar-refractivity contribution in [3.8, 4) is 0 Å². The summed E-state index contributed by atoms with van der Waals surface area (Å²) in [5.74, 6) is 0.307. The van der Waals surface area contributed by atoms with Crippen LogP contribution in [-0.2, 0) is 4.79 Å². The van der Waals surface area contributed by atoms with E-state index in [9.17, 15) is 4.79 Å². The predicted octanol–water partition coefficient (Wildman–Crippen LogP) is 2.27. The standard InChI is InChI=1S/C16H31N3O.ClH/c1-4-8-19(9-5-2)16(20)12-18(3)15-10-13-6-7-14(11-15)17-13;/h13-15,17H,4-12H2,1-3H3;1H. The number of carbonyl (C=O) groups is 1. The number of amides is 1. The summed E-state index contributed by atoms with van der Waals surface area (Å²) in [6.45, 7) is 6.67. The van der Waals surface area contributed by atoms with Crippen molar-refractivity contribution in [3.63, 3.8) is 0 Å². The Balaban J connectivity index is 0.00000220. The molecule has 2 unspecified atom stereocenters. The van der Waals surface area contributed by atoms with Gasteiger partial charge in [0, 0.05) is 31.2 Å². The second-order valence-corrected chi connectivity index (χ2v) is 6.56. The van der Waals surface area contributed by atoms with Crippen molar-refractivity contribution in [2.24, 2.45) is 0 Å². The summed E-state index contributed by atoms with van der Waals surface area (Å²) in [6.07, 6.45) is 7.16. The second kappa shape index (κ2) is 8.96. The molecule has 0 saturated carbocycles. The van der Waals surface area contributed by atoms with Crippen molar-refractivity contribution >= 4 is 18.3 Å². The highest BCUT2D eigenvalue weighted by molar-refractivity contribution is 5.85. The molecule has 2 saturated heterocycles. The molecular formula is C16H32ClN3O. The summed E-state index contributed by atoms with van der Waals surface area (Å²) in [6, 6.07) is 1.97. The van der Waals surface area contributed by atoms with Crippen LogP contribution < -0.4 is 5.32 Å². The first-order valence-electron chi connectivity index (χ1n) is 8.38. The van der Waals surface area contributed by atoms with Gasteiger partial charge in [-0.05, 0) is 45.6 Å². The molecule has 2 atom stereocenters. The zero-order valence-electron chi connectivity index (χ0n) is 13.8. The van der Waals surface area contributed by atoms with Crippen LogP contribution in [0.3, 0.4) is 0 Å². The number of carbonyl (C=O) groups excluding carboxylic acids is 1. The average Bonchev–Trinajstić information content (AvgIpc) is 2.77. The summed E-state index contributed by atoms with van der Waals surface area (Å²) < 4.78 is 0. The number of nitrogens with zero attached hydrogens (tertiary/aromatic N) is 2. The number of likely N-dealkylation sites (N-methyl/N-ethyl adjacent to an activating group) is 1. The van der Waals surface area contributed by atoms with E-state index in [4.69, 9.17) is 0 Å². The molecule has 2 bridgehead atoms. The van der Waals surface area contributed by atoms with Crippen LogP contribution in [0.15, 0.2) is 0 Å². The second-order valence-electron chi connectivity index (χ2n) is 6.56. The van der Waals surface area contributed by atoms with Gasteiger partial charge in [0.1, 0.15) is 0 Å². The number of rotatable bonds is 7. The molecule has 1 N–H and O–H groups in total. The molecule has 2 rings (SSSR count). The van der Waals surface area contributed by atoms with Gasteiger partial charge in [-0.15, -0.1) is 12.4 Å². The van der Waals surface area contributed by atoms with Gasteiger partial charge < -0.3 is 10.2 Å². The fourth-order valence-corrected chi connectivity index (χ4v) is 3.73. The molecule has 5 heteroatoms. The summed E-state index contributed by atoms with van der Waals surface area (Å²) in [5.41, 5.74) is 0. The zero-order chi connectivity index (χ0) is 14.5. The van der Waals surface area contributed by atoms with Crippen molar-refractivity contribution in [3.05, 3.63) is 0 Å². The molecule has 124 valence electrons. The lowest BCUT2D eigenvalue weighted by Gasteiger charge is -2.36. The Labute approximate surface area is 136 Å². The number of hydrogen-bond donors (Lipinski definition) is 1. The molecule has 0 aromatic carbocycles. The van der Waals surface area contributed by atoms with Crippen LogP contribution in [0.4, 0.5) is 0 Å². The minimum absolute atomic E-state index is 0. The molecule has 2 aliphatic heterocycles. The van der Waals surface area contributed by atoms with Crippen LogP contribution in [0.25, 0.3) is 0 Å². The average molecular weight is 318 g/mol.